The van der Waals surface area contributed by atoms with E-state index in [0.717, 1.165) is 39.6 Å². The monoisotopic (exact) mass is 645 g/mol. The molecule has 48 heavy (non-hydrogen) atoms. The molecule has 5 aromatic rings. The first-order chi connectivity index (χ1) is 23.3. The lowest BCUT2D eigenvalue weighted by molar-refractivity contribution is -0.138. The maximum atomic E-state index is 13.7. The molecule has 2 aliphatic rings. The van der Waals surface area contributed by atoms with E-state index in [2.05, 4.69) is 43.7 Å². The number of nitrogens with zero attached hydrogens (tertiary/aromatic N) is 5. The molecule has 1 saturated heterocycles. The average Bonchev–Trinajstić information content (AvgIpc) is 3.73. The van der Waals surface area contributed by atoms with Gasteiger partial charge in [-0.25, -0.2) is 14.4 Å². The fourth-order valence-electron chi connectivity index (χ4n) is 6.60. The summed E-state index contributed by atoms with van der Waals surface area (Å²) in [5.41, 5.74) is 5.87. The van der Waals surface area contributed by atoms with E-state index in [1.165, 1.54) is 24.8 Å². The number of hydrogen-bond donors (Lipinski definition) is 2. The number of anilines is 1. The molecule has 4 heterocycles. The summed E-state index contributed by atoms with van der Waals surface area (Å²) in [5, 5.41) is 11.3. The van der Waals surface area contributed by atoms with E-state index >= 15 is 0 Å². The molecule has 1 fully saturated rings. The Morgan fingerprint density at radius 1 is 1.02 bits per heavy atom. The van der Waals surface area contributed by atoms with E-state index in [9.17, 15) is 14.0 Å². The molecule has 2 N–H and O–H groups in total. The molecule has 244 valence electrons. The van der Waals surface area contributed by atoms with Crippen LogP contribution in [0.15, 0.2) is 85.2 Å². The SMILES string of the molecule is CO[C@@]1(C(=O)Nc2ccc3[nH]nc(-c4ccc(F)cc4C)c3c2)CCN(CC(=O)N2CC=C(c3ccc(-c4ncccn4)cc3)CC2)C1. The highest BCUT2D eigenvalue weighted by Gasteiger charge is 2.45. The van der Waals surface area contributed by atoms with Gasteiger partial charge in [0.2, 0.25) is 5.91 Å². The first kappa shape index (κ1) is 31.3. The van der Waals surface area contributed by atoms with Crippen LogP contribution in [-0.4, -0.2) is 87.2 Å². The topological polar surface area (TPSA) is 116 Å². The molecule has 0 radical (unpaired) electrons. The van der Waals surface area contributed by atoms with Gasteiger partial charge in [0.25, 0.3) is 5.91 Å². The Morgan fingerprint density at radius 3 is 2.54 bits per heavy atom. The highest BCUT2D eigenvalue weighted by Crippen LogP contribution is 2.33. The van der Waals surface area contributed by atoms with Crippen LogP contribution in [0.4, 0.5) is 10.1 Å². The number of amides is 2. The number of ether oxygens (including phenoxy) is 1. The summed E-state index contributed by atoms with van der Waals surface area (Å²) in [6, 6.07) is 20.1. The largest absolute Gasteiger partial charge is 0.367 e. The van der Waals surface area contributed by atoms with Crippen LogP contribution in [0, 0.1) is 12.7 Å². The number of carbonyl (C=O) groups excluding carboxylic acids is 2. The predicted octanol–water partition coefficient (Wildman–Crippen LogP) is 5.48. The smallest absolute Gasteiger partial charge is 0.258 e. The lowest BCUT2D eigenvalue weighted by Crippen LogP contribution is -2.48. The minimum Gasteiger partial charge on any atom is -0.367 e. The zero-order chi connectivity index (χ0) is 33.3. The van der Waals surface area contributed by atoms with Crippen LogP contribution in [0.5, 0.6) is 0 Å². The molecule has 0 aliphatic carbocycles. The minimum absolute atomic E-state index is 0.0308. The maximum Gasteiger partial charge on any atom is 0.258 e. The first-order valence-electron chi connectivity index (χ1n) is 16.0. The van der Waals surface area contributed by atoms with Crippen molar-refractivity contribution in [2.75, 3.05) is 45.2 Å². The molecule has 0 spiro atoms. The Morgan fingerprint density at radius 2 is 1.81 bits per heavy atom. The van der Waals surface area contributed by atoms with E-state index in [1.54, 1.807) is 24.5 Å². The molecular weight excluding hydrogens is 609 g/mol. The summed E-state index contributed by atoms with van der Waals surface area (Å²) in [6.07, 6.45) is 6.81. The molecule has 7 rings (SSSR count). The summed E-state index contributed by atoms with van der Waals surface area (Å²) in [4.78, 5) is 39.5. The lowest BCUT2D eigenvalue weighted by atomic mass is 9.98. The van der Waals surface area contributed by atoms with Crippen molar-refractivity contribution in [1.29, 1.82) is 0 Å². The van der Waals surface area contributed by atoms with Gasteiger partial charge >= 0.3 is 0 Å². The Kier molecular flexibility index (Phi) is 8.55. The van der Waals surface area contributed by atoms with Crippen molar-refractivity contribution < 1.29 is 18.7 Å². The quantitative estimate of drug-likeness (QED) is 0.230. The second kappa shape index (κ2) is 13.1. The van der Waals surface area contributed by atoms with Gasteiger partial charge in [-0.15, -0.1) is 0 Å². The zero-order valence-corrected chi connectivity index (χ0v) is 26.9. The number of rotatable bonds is 8. The first-order valence-corrected chi connectivity index (χ1v) is 16.0. The zero-order valence-electron chi connectivity index (χ0n) is 26.9. The van der Waals surface area contributed by atoms with Crippen molar-refractivity contribution in [2.24, 2.45) is 0 Å². The van der Waals surface area contributed by atoms with Gasteiger partial charge in [0.1, 0.15) is 11.5 Å². The van der Waals surface area contributed by atoms with Crippen molar-refractivity contribution in [3.8, 4) is 22.6 Å². The Bertz CT molecular complexity index is 2010. The molecule has 0 bridgehead atoms. The van der Waals surface area contributed by atoms with Crippen LogP contribution in [0.3, 0.4) is 0 Å². The van der Waals surface area contributed by atoms with Gasteiger partial charge in [0.05, 0.1) is 12.1 Å². The third-order valence-electron chi connectivity index (χ3n) is 9.38. The van der Waals surface area contributed by atoms with Gasteiger partial charge in [-0.2, -0.15) is 5.10 Å². The van der Waals surface area contributed by atoms with Crippen molar-refractivity contribution >= 4 is 34.0 Å². The molecule has 1 atom stereocenters. The van der Waals surface area contributed by atoms with Gasteiger partial charge < -0.3 is 15.0 Å². The number of H-pyrrole nitrogens is 1. The number of fused-ring (bicyclic) bond motifs is 1. The number of likely N-dealkylation sites (tertiary alicyclic amines) is 1. The number of benzene rings is 3. The summed E-state index contributed by atoms with van der Waals surface area (Å²) in [5.74, 6) is 0.153. The van der Waals surface area contributed by atoms with Crippen molar-refractivity contribution in [1.82, 2.24) is 30.0 Å². The fourth-order valence-corrected chi connectivity index (χ4v) is 6.60. The number of aromatic amines is 1. The number of methoxy groups -OCH3 is 1. The van der Waals surface area contributed by atoms with Crippen molar-refractivity contribution in [2.45, 2.75) is 25.4 Å². The number of aryl methyl sites for hydroxylation is 1. The predicted molar refractivity (Wildman–Crippen MR) is 182 cm³/mol. The fraction of sp³-hybridized carbons (Fsp3) is 0.270. The van der Waals surface area contributed by atoms with Gasteiger partial charge in [0.15, 0.2) is 11.4 Å². The average molecular weight is 646 g/mol. The van der Waals surface area contributed by atoms with Crippen LogP contribution in [-0.2, 0) is 14.3 Å². The summed E-state index contributed by atoms with van der Waals surface area (Å²) in [7, 11) is 1.54. The standard InChI is InChI=1S/C37H36FN7O3/c1-24-20-28(38)8-10-30(24)34-31-21-29(9-11-32(31)42-43-34)41-36(47)37(48-2)14-19-44(23-37)22-33(46)45-17-12-26(13-18-45)25-4-6-27(7-5-25)35-39-15-3-16-40-35/h3-12,15-16,20-21H,13-14,17-19,22-23H2,1-2H3,(H,41,47)(H,42,43)/t37-/m0/s1. The van der Waals surface area contributed by atoms with Gasteiger partial charge in [0, 0.05) is 67.9 Å². The number of carbonyl (C=O) groups is 2. The maximum absolute atomic E-state index is 13.7. The molecule has 0 saturated carbocycles. The Labute approximate surface area is 277 Å². The van der Waals surface area contributed by atoms with Crippen LogP contribution in [0.25, 0.3) is 39.1 Å². The third-order valence-corrected chi connectivity index (χ3v) is 9.38. The molecule has 0 unspecified atom stereocenters. The number of hydrogen-bond acceptors (Lipinski definition) is 7. The van der Waals surface area contributed by atoms with Gasteiger partial charge in [-0.3, -0.25) is 19.6 Å². The highest BCUT2D eigenvalue weighted by atomic mass is 19.1. The molecule has 10 nitrogen and oxygen atoms in total. The summed E-state index contributed by atoms with van der Waals surface area (Å²) < 4.78 is 19.6. The van der Waals surface area contributed by atoms with E-state index in [-0.39, 0.29) is 24.2 Å². The molecular formula is C37H36FN7O3. The van der Waals surface area contributed by atoms with Crippen molar-refractivity contribution in [3.05, 3.63) is 102 Å². The van der Waals surface area contributed by atoms with E-state index in [4.69, 9.17) is 4.74 Å². The van der Waals surface area contributed by atoms with Crippen LogP contribution < -0.4 is 5.32 Å². The lowest BCUT2D eigenvalue weighted by Gasteiger charge is -2.30. The molecule has 2 aliphatic heterocycles. The second-order valence-corrected chi connectivity index (χ2v) is 12.4. The Balaban J connectivity index is 0.968. The van der Waals surface area contributed by atoms with Crippen LogP contribution in [0.1, 0.15) is 24.0 Å². The van der Waals surface area contributed by atoms with E-state index < -0.39 is 5.60 Å². The molecule has 2 amide bonds. The number of aromatic nitrogens is 4. The molecule has 2 aromatic heterocycles. The number of nitrogens with one attached hydrogen (secondary N) is 2. The van der Waals surface area contributed by atoms with E-state index in [1.807, 2.05) is 47.1 Å². The van der Waals surface area contributed by atoms with Gasteiger partial charge in [-0.05, 0) is 78.9 Å². The van der Waals surface area contributed by atoms with Gasteiger partial charge in [-0.1, -0.05) is 30.3 Å². The van der Waals surface area contributed by atoms with Crippen LogP contribution in [0.2, 0.25) is 0 Å². The molecule has 3 aromatic carbocycles. The third kappa shape index (κ3) is 6.22. The number of halogens is 1. The molecule has 11 heteroatoms. The normalized spacial score (nSPS) is 18.2. The summed E-state index contributed by atoms with van der Waals surface area (Å²) >= 11 is 0. The minimum atomic E-state index is -1.09. The van der Waals surface area contributed by atoms with E-state index in [0.29, 0.717) is 49.8 Å². The Hall–Kier alpha value is -5.26. The highest BCUT2D eigenvalue weighted by molar-refractivity contribution is 6.01. The van der Waals surface area contributed by atoms with Crippen molar-refractivity contribution in [3.63, 3.8) is 0 Å². The second-order valence-electron chi connectivity index (χ2n) is 12.4. The summed E-state index contributed by atoms with van der Waals surface area (Å²) in [6.45, 7) is 4.10. The van der Waals surface area contributed by atoms with Crippen LogP contribution >= 0.6 is 0 Å².